The summed E-state index contributed by atoms with van der Waals surface area (Å²) in [6, 6.07) is -0.928. The molecule has 0 unspecified atom stereocenters. The lowest BCUT2D eigenvalue weighted by atomic mass is 9.73. The van der Waals surface area contributed by atoms with Crippen LogP contribution in [0.1, 0.15) is 125 Å². The third-order valence-electron chi connectivity index (χ3n) is 15.0. The largest absolute Gasteiger partial charge is 0.393 e. The Balaban J connectivity index is 1.55. The van der Waals surface area contributed by atoms with Gasteiger partial charge < -0.3 is 44.3 Å². The van der Waals surface area contributed by atoms with E-state index >= 15 is 0 Å². The monoisotopic (exact) mass is 872 g/mol. The van der Waals surface area contributed by atoms with Crippen LogP contribution in [-0.4, -0.2) is 131 Å². The standard InChI is InChI=1S/C49H77NO12/c1-9-35-24-34(15-16-39(35)51)22-31(4)37-25-42(54)38-14-10-11-18-50(38)47(56)46(55)49(58)32(5)23-44(60-8)45(62-49)43(59-7)21-30(3)19-29(2)20-36(41(53)26-40(52)33(37)6)13-12-17-48(57)27-61-28-48/h12,17,20,22,30,32-40,43-45,51-52,57-58H,9-11,13-16,18-19,21,23-28H2,1-8H3/b17-12+,29-20+,31-22+/t30-,32+,33-,34-,35+,36+,37+,38-,39+,40-,43-,44-,45+,49+/m0/s1. The van der Waals surface area contributed by atoms with E-state index in [2.05, 4.69) is 13.0 Å². The SMILES string of the molecule is CC[C@@H]1C[C@H](/C=C(\C)[C@H]2CC(=O)[C@@H]3CCCCN3C(=O)C(=O)[C@]3(O)O[C@H]([C@@H](OC)C[C@@H](C)C/C(C)=C/[C@@H](C/C=C/C4(O)COC4)C(=O)C[C@H](O)[C@H]2C)[C@@H](OC)C[C@H]3C)CC[C@H]1O. The van der Waals surface area contributed by atoms with Crippen LogP contribution in [0.5, 0.6) is 0 Å². The van der Waals surface area contributed by atoms with Gasteiger partial charge in [0.05, 0.1) is 43.7 Å². The van der Waals surface area contributed by atoms with Gasteiger partial charge in [-0.15, -0.1) is 0 Å². The zero-order chi connectivity index (χ0) is 45.5. The first-order chi connectivity index (χ1) is 29.3. The summed E-state index contributed by atoms with van der Waals surface area (Å²) in [5.41, 5.74) is 0.776. The van der Waals surface area contributed by atoms with Gasteiger partial charge >= 0.3 is 0 Å². The van der Waals surface area contributed by atoms with E-state index in [0.29, 0.717) is 44.9 Å². The molecular weight excluding hydrogens is 795 g/mol. The lowest BCUT2D eigenvalue weighted by Gasteiger charge is -2.47. The number of rotatable bonds is 8. The van der Waals surface area contributed by atoms with E-state index in [9.17, 15) is 39.6 Å². The highest BCUT2D eigenvalue weighted by Crippen LogP contribution is 2.40. The molecule has 350 valence electrons. The Morgan fingerprint density at radius 1 is 0.903 bits per heavy atom. The first kappa shape index (κ1) is 50.4. The Bertz CT molecular complexity index is 1650. The van der Waals surface area contributed by atoms with Gasteiger partial charge in [-0.05, 0) is 108 Å². The maximum Gasteiger partial charge on any atom is 0.296 e. The smallest absolute Gasteiger partial charge is 0.296 e. The van der Waals surface area contributed by atoms with Gasteiger partial charge in [0.25, 0.3) is 11.7 Å². The van der Waals surface area contributed by atoms with Gasteiger partial charge in [0, 0.05) is 45.4 Å². The molecule has 5 aliphatic rings. The third kappa shape index (κ3) is 12.0. The number of allylic oxidation sites excluding steroid dienone is 5. The second kappa shape index (κ2) is 22.0. The Labute approximate surface area is 369 Å². The summed E-state index contributed by atoms with van der Waals surface area (Å²) in [7, 11) is 3.07. The number of methoxy groups -OCH3 is 2. The number of aliphatic hydroxyl groups excluding tert-OH is 2. The van der Waals surface area contributed by atoms with Crippen molar-refractivity contribution in [2.45, 2.75) is 173 Å². The number of Topliss-reactive ketones (excluding diaryl/α,β-unsaturated/α-hetero) is 3. The van der Waals surface area contributed by atoms with Gasteiger partial charge in [0.1, 0.15) is 17.5 Å². The van der Waals surface area contributed by atoms with Crippen LogP contribution >= 0.6 is 0 Å². The molecule has 0 radical (unpaired) electrons. The Hall–Kier alpha value is -2.62. The normalized spacial score (nSPS) is 40.9. The molecule has 4 aliphatic heterocycles. The fraction of sp³-hybridized carbons (Fsp3) is 0.796. The van der Waals surface area contributed by atoms with Gasteiger partial charge in [-0.1, -0.05) is 69.6 Å². The van der Waals surface area contributed by atoms with Crippen molar-refractivity contribution in [3.05, 3.63) is 35.5 Å². The average Bonchev–Trinajstić information content (AvgIpc) is 3.23. The highest BCUT2D eigenvalue weighted by atomic mass is 16.7. The molecule has 1 saturated carbocycles. The molecule has 2 bridgehead atoms. The molecule has 14 atom stereocenters. The Kier molecular flexibility index (Phi) is 17.9. The van der Waals surface area contributed by atoms with Crippen molar-refractivity contribution in [1.82, 2.24) is 4.90 Å². The summed E-state index contributed by atoms with van der Waals surface area (Å²) >= 11 is 0. The summed E-state index contributed by atoms with van der Waals surface area (Å²) in [5.74, 6) is -7.11. The van der Waals surface area contributed by atoms with Gasteiger partial charge in [-0.3, -0.25) is 19.2 Å². The predicted octanol–water partition coefficient (Wildman–Crippen LogP) is 5.45. The van der Waals surface area contributed by atoms with E-state index in [1.54, 1.807) is 13.0 Å². The number of carbonyl (C=O) groups excluding carboxylic acids is 4. The summed E-state index contributed by atoms with van der Waals surface area (Å²) in [4.78, 5) is 59.0. The van der Waals surface area contributed by atoms with Crippen molar-refractivity contribution in [3.8, 4) is 0 Å². The molecule has 0 aromatic heterocycles. The van der Waals surface area contributed by atoms with Crippen LogP contribution in [0.3, 0.4) is 0 Å². The quantitative estimate of drug-likeness (QED) is 0.179. The van der Waals surface area contributed by atoms with Crippen molar-refractivity contribution >= 4 is 23.3 Å². The van der Waals surface area contributed by atoms with E-state index < -0.39 is 77.2 Å². The molecule has 4 N–H and O–H groups in total. The maximum absolute atomic E-state index is 14.7. The van der Waals surface area contributed by atoms with Crippen molar-refractivity contribution in [2.75, 3.05) is 34.0 Å². The van der Waals surface area contributed by atoms with Crippen LogP contribution in [0.4, 0.5) is 0 Å². The number of aliphatic hydroxyl groups is 4. The van der Waals surface area contributed by atoms with Gasteiger partial charge in [0.15, 0.2) is 5.78 Å². The van der Waals surface area contributed by atoms with Crippen LogP contribution in [0.2, 0.25) is 0 Å². The molecule has 13 heteroatoms. The fourth-order valence-corrected chi connectivity index (χ4v) is 10.9. The Morgan fingerprint density at radius 3 is 2.24 bits per heavy atom. The molecule has 1 aliphatic carbocycles. The number of ketones is 3. The van der Waals surface area contributed by atoms with Crippen LogP contribution < -0.4 is 0 Å². The van der Waals surface area contributed by atoms with Gasteiger partial charge in [-0.2, -0.15) is 0 Å². The first-order valence-electron chi connectivity index (χ1n) is 23.4. The lowest BCUT2D eigenvalue weighted by molar-refractivity contribution is -0.302. The molecule has 4 fully saturated rings. The predicted molar refractivity (Wildman–Crippen MR) is 234 cm³/mol. The number of fused-ring (bicyclic) bond motifs is 3. The van der Waals surface area contributed by atoms with Crippen LogP contribution in [-0.2, 0) is 38.1 Å². The number of hydrogen-bond donors (Lipinski definition) is 4. The zero-order valence-electron chi connectivity index (χ0n) is 38.6. The minimum absolute atomic E-state index is 0.0170. The molecule has 0 aromatic carbocycles. The molecule has 5 rings (SSSR count). The minimum atomic E-state index is -2.49. The van der Waals surface area contributed by atoms with Gasteiger partial charge in [-0.25, -0.2) is 0 Å². The number of amides is 1. The number of nitrogens with zero attached hydrogens (tertiary/aromatic N) is 1. The average molecular weight is 872 g/mol. The molecule has 3 saturated heterocycles. The molecular formula is C49H77NO12. The molecule has 0 spiro atoms. The molecule has 0 aromatic rings. The van der Waals surface area contributed by atoms with Crippen molar-refractivity contribution in [3.63, 3.8) is 0 Å². The van der Waals surface area contributed by atoms with E-state index in [-0.39, 0.29) is 74.4 Å². The molecule has 1 amide bonds. The van der Waals surface area contributed by atoms with E-state index in [1.807, 2.05) is 39.8 Å². The summed E-state index contributed by atoms with van der Waals surface area (Å²) in [6.45, 7) is 12.1. The van der Waals surface area contributed by atoms with Gasteiger partial charge in [0.2, 0.25) is 5.79 Å². The number of ether oxygens (including phenoxy) is 4. The van der Waals surface area contributed by atoms with Crippen LogP contribution in [0.25, 0.3) is 0 Å². The minimum Gasteiger partial charge on any atom is -0.393 e. The summed E-state index contributed by atoms with van der Waals surface area (Å²) in [5, 5.41) is 45.4. The molecule has 13 nitrogen and oxygen atoms in total. The number of piperidine rings is 1. The fourth-order valence-electron chi connectivity index (χ4n) is 10.9. The summed E-state index contributed by atoms with van der Waals surface area (Å²) < 4.78 is 23.3. The second-order valence-corrected chi connectivity index (χ2v) is 19.8. The second-order valence-electron chi connectivity index (χ2n) is 19.8. The van der Waals surface area contributed by atoms with Crippen LogP contribution in [0, 0.1) is 41.4 Å². The van der Waals surface area contributed by atoms with E-state index in [4.69, 9.17) is 18.9 Å². The molecule has 62 heavy (non-hydrogen) atoms. The van der Waals surface area contributed by atoms with E-state index in [1.165, 1.54) is 19.1 Å². The maximum atomic E-state index is 14.7. The highest BCUT2D eigenvalue weighted by molar-refractivity contribution is 6.39. The van der Waals surface area contributed by atoms with Crippen molar-refractivity contribution in [2.24, 2.45) is 41.4 Å². The van der Waals surface area contributed by atoms with E-state index in [0.717, 1.165) is 30.4 Å². The zero-order valence-corrected chi connectivity index (χ0v) is 38.6. The topological polar surface area (TPSA) is 189 Å². The lowest BCUT2D eigenvalue weighted by Crippen LogP contribution is -2.64. The summed E-state index contributed by atoms with van der Waals surface area (Å²) in [6.07, 6.45) is 10.1. The number of hydrogen-bond acceptors (Lipinski definition) is 12. The first-order valence-corrected chi connectivity index (χ1v) is 23.4. The van der Waals surface area contributed by atoms with Crippen LogP contribution in [0.15, 0.2) is 35.5 Å². The van der Waals surface area contributed by atoms with Crippen molar-refractivity contribution < 1.29 is 58.6 Å². The Morgan fingerprint density at radius 2 is 1.60 bits per heavy atom. The highest BCUT2D eigenvalue weighted by Gasteiger charge is 2.56. The molecule has 4 heterocycles. The van der Waals surface area contributed by atoms with Crippen molar-refractivity contribution in [1.29, 1.82) is 0 Å². The number of carbonyl (C=O) groups is 4. The third-order valence-corrected chi connectivity index (χ3v) is 15.0.